The lowest BCUT2D eigenvalue weighted by molar-refractivity contribution is 0.0752. The van der Waals surface area contributed by atoms with Crippen molar-refractivity contribution in [1.29, 1.82) is 0 Å². The molecule has 0 bridgehead atoms. The fraction of sp³-hybridized carbons (Fsp3) is 0.160. The number of benzene rings is 2. The van der Waals surface area contributed by atoms with Crippen LogP contribution in [-0.2, 0) is 19.5 Å². The number of hydrogen-bond donors (Lipinski definition) is 0. The Kier molecular flexibility index (Phi) is 5.92. The summed E-state index contributed by atoms with van der Waals surface area (Å²) >= 11 is 1.68. The van der Waals surface area contributed by atoms with Crippen LogP contribution in [0.2, 0.25) is 0 Å². The highest BCUT2D eigenvalue weighted by Crippen LogP contribution is 2.27. The number of thiophene rings is 1. The molecule has 0 aliphatic carbocycles. The number of aromatic nitrogens is 1. The minimum Gasteiger partial charge on any atom is -0.335 e. The maximum atomic E-state index is 13.5. The van der Waals surface area contributed by atoms with E-state index in [0.717, 1.165) is 34.4 Å². The van der Waals surface area contributed by atoms with Crippen molar-refractivity contribution in [2.45, 2.75) is 19.5 Å². The van der Waals surface area contributed by atoms with Crippen LogP contribution in [0.5, 0.6) is 0 Å². The molecule has 2 heterocycles. The molecule has 2 aromatic carbocycles. The summed E-state index contributed by atoms with van der Waals surface area (Å²) in [4.78, 5) is 15.4. The van der Waals surface area contributed by atoms with Gasteiger partial charge in [0.15, 0.2) is 0 Å². The lowest BCUT2D eigenvalue weighted by atomic mass is 10.1. The van der Waals surface area contributed by atoms with Gasteiger partial charge in [-0.25, -0.2) is 0 Å². The Morgan fingerprint density at radius 2 is 1.69 bits per heavy atom. The van der Waals surface area contributed by atoms with E-state index in [0.29, 0.717) is 13.1 Å². The largest absolute Gasteiger partial charge is 0.335 e. The molecule has 1 amide bonds. The van der Waals surface area contributed by atoms with E-state index in [9.17, 15) is 4.79 Å². The Labute approximate surface area is 175 Å². The van der Waals surface area contributed by atoms with Crippen molar-refractivity contribution < 1.29 is 4.79 Å². The molecule has 29 heavy (non-hydrogen) atoms. The van der Waals surface area contributed by atoms with Crippen LogP contribution >= 0.6 is 11.3 Å². The molecule has 146 valence electrons. The molecular weight excluding hydrogens is 376 g/mol. The van der Waals surface area contributed by atoms with Gasteiger partial charge in [-0.3, -0.25) is 4.79 Å². The quantitative estimate of drug-likeness (QED) is 0.345. The Morgan fingerprint density at radius 1 is 1.00 bits per heavy atom. The van der Waals surface area contributed by atoms with E-state index in [1.807, 2.05) is 35.2 Å². The topological polar surface area (TPSA) is 25.2 Å². The zero-order valence-corrected chi connectivity index (χ0v) is 17.1. The summed E-state index contributed by atoms with van der Waals surface area (Å²) in [6.07, 6.45) is 2.68. The van der Waals surface area contributed by atoms with E-state index < -0.39 is 0 Å². The van der Waals surface area contributed by atoms with Crippen LogP contribution in [0.1, 0.15) is 21.6 Å². The summed E-state index contributed by atoms with van der Waals surface area (Å²) in [6.45, 7) is 5.72. The van der Waals surface area contributed by atoms with Gasteiger partial charge in [0.05, 0.1) is 10.2 Å². The smallest absolute Gasteiger partial charge is 0.271 e. The third kappa shape index (κ3) is 4.33. The average Bonchev–Trinajstić information content (AvgIpc) is 3.35. The second kappa shape index (κ2) is 8.93. The van der Waals surface area contributed by atoms with Crippen molar-refractivity contribution in [2.75, 3.05) is 6.54 Å². The molecule has 0 unspecified atom stereocenters. The molecule has 2 aromatic heterocycles. The third-order valence-corrected chi connectivity index (χ3v) is 5.91. The molecule has 0 radical (unpaired) electrons. The summed E-state index contributed by atoms with van der Waals surface area (Å²) < 4.78 is 3.32. The normalized spacial score (nSPS) is 10.9. The highest BCUT2D eigenvalue weighted by atomic mass is 32.1. The standard InChI is InChI=1S/C25H24N2OS/c1-2-15-26(19-21-11-7-4-8-12-21)25(28)23-18-24-22(14-17-29-24)27(23)16-13-20-9-5-3-6-10-20/h2-12,14,17-18H,1,13,15-16,19H2. The second-order valence-electron chi connectivity index (χ2n) is 7.05. The van der Waals surface area contributed by atoms with Crippen LogP contribution in [0.15, 0.2) is 90.8 Å². The van der Waals surface area contributed by atoms with Gasteiger partial charge in [-0.1, -0.05) is 66.7 Å². The molecule has 0 aliphatic rings. The Balaban J connectivity index is 1.63. The molecule has 3 nitrogen and oxygen atoms in total. The minimum absolute atomic E-state index is 0.0465. The summed E-state index contributed by atoms with van der Waals surface area (Å²) in [7, 11) is 0. The zero-order valence-electron chi connectivity index (χ0n) is 16.3. The molecule has 0 spiro atoms. The lowest BCUT2D eigenvalue weighted by Gasteiger charge is -2.22. The first-order chi connectivity index (χ1) is 14.3. The molecule has 0 saturated carbocycles. The van der Waals surface area contributed by atoms with E-state index in [1.165, 1.54) is 5.56 Å². The Bertz CT molecular complexity index is 1100. The first kappa shape index (κ1) is 19.2. The van der Waals surface area contributed by atoms with E-state index in [-0.39, 0.29) is 5.91 Å². The molecule has 0 saturated heterocycles. The van der Waals surface area contributed by atoms with Gasteiger partial charge in [-0.15, -0.1) is 17.9 Å². The molecule has 4 rings (SSSR count). The number of carbonyl (C=O) groups excluding carboxylic acids is 1. The van der Waals surface area contributed by atoms with Crippen LogP contribution in [0.25, 0.3) is 10.2 Å². The highest BCUT2D eigenvalue weighted by molar-refractivity contribution is 7.17. The van der Waals surface area contributed by atoms with E-state index >= 15 is 0 Å². The van der Waals surface area contributed by atoms with E-state index in [2.05, 4.69) is 59.0 Å². The maximum Gasteiger partial charge on any atom is 0.271 e. The molecular formula is C25H24N2OS. The predicted molar refractivity (Wildman–Crippen MR) is 121 cm³/mol. The van der Waals surface area contributed by atoms with Crippen LogP contribution < -0.4 is 0 Å². The van der Waals surface area contributed by atoms with Crippen molar-refractivity contribution in [3.63, 3.8) is 0 Å². The van der Waals surface area contributed by atoms with Crippen LogP contribution in [0.4, 0.5) is 0 Å². The SMILES string of the molecule is C=CCN(Cc1ccccc1)C(=O)c1cc2sccc2n1CCc1ccccc1. The van der Waals surface area contributed by atoms with Crippen molar-refractivity contribution >= 4 is 27.5 Å². The number of rotatable bonds is 8. The van der Waals surface area contributed by atoms with E-state index in [4.69, 9.17) is 0 Å². The van der Waals surface area contributed by atoms with Crippen molar-refractivity contribution in [2.24, 2.45) is 0 Å². The maximum absolute atomic E-state index is 13.5. The van der Waals surface area contributed by atoms with Crippen molar-refractivity contribution in [3.8, 4) is 0 Å². The Hall–Kier alpha value is -3.11. The van der Waals surface area contributed by atoms with Gasteiger partial charge in [0.1, 0.15) is 5.69 Å². The van der Waals surface area contributed by atoms with Gasteiger partial charge >= 0.3 is 0 Å². The summed E-state index contributed by atoms with van der Waals surface area (Å²) in [5.74, 6) is 0.0465. The molecule has 4 heteroatoms. The lowest BCUT2D eigenvalue weighted by Crippen LogP contribution is -2.32. The van der Waals surface area contributed by atoms with Gasteiger partial charge in [-0.2, -0.15) is 0 Å². The first-order valence-corrected chi connectivity index (χ1v) is 10.7. The molecule has 4 aromatic rings. The first-order valence-electron chi connectivity index (χ1n) is 9.81. The van der Waals surface area contributed by atoms with Crippen LogP contribution in [-0.4, -0.2) is 21.9 Å². The van der Waals surface area contributed by atoms with Gasteiger partial charge in [0.2, 0.25) is 0 Å². The number of amides is 1. The summed E-state index contributed by atoms with van der Waals surface area (Å²) in [5, 5.41) is 2.09. The van der Waals surface area contributed by atoms with Crippen LogP contribution in [0, 0.1) is 0 Å². The van der Waals surface area contributed by atoms with E-state index in [1.54, 1.807) is 17.4 Å². The van der Waals surface area contributed by atoms with Crippen molar-refractivity contribution in [3.05, 3.63) is 108 Å². The Morgan fingerprint density at radius 3 is 2.38 bits per heavy atom. The number of fused-ring (bicyclic) bond motifs is 1. The number of hydrogen-bond acceptors (Lipinski definition) is 2. The molecule has 0 fully saturated rings. The number of nitrogens with zero attached hydrogens (tertiary/aromatic N) is 2. The van der Waals surface area contributed by atoms with Crippen LogP contribution in [0.3, 0.4) is 0 Å². The predicted octanol–water partition coefficient (Wildman–Crippen LogP) is 5.77. The van der Waals surface area contributed by atoms with Gasteiger partial charge in [0.25, 0.3) is 5.91 Å². The van der Waals surface area contributed by atoms with Gasteiger partial charge < -0.3 is 9.47 Å². The zero-order chi connectivity index (χ0) is 20.1. The third-order valence-electron chi connectivity index (χ3n) is 5.06. The monoisotopic (exact) mass is 400 g/mol. The molecule has 0 atom stereocenters. The summed E-state index contributed by atoms with van der Waals surface area (Å²) in [6, 6.07) is 24.7. The number of carbonyl (C=O) groups is 1. The average molecular weight is 401 g/mol. The highest BCUT2D eigenvalue weighted by Gasteiger charge is 2.21. The molecule has 0 aliphatic heterocycles. The number of aryl methyl sites for hydroxylation is 2. The van der Waals surface area contributed by atoms with Gasteiger partial charge in [0, 0.05) is 19.6 Å². The minimum atomic E-state index is 0.0465. The summed E-state index contributed by atoms with van der Waals surface area (Å²) in [5.41, 5.74) is 4.27. The second-order valence-corrected chi connectivity index (χ2v) is 7.99. The van der Waals surface area contributed by atoms with Crippen molar-refractivity contribution in [1.82, 2.24) is 9.47 Å². The fourth-order valence-corrected chi connectivity index (χ4v) is 4.44. The fourth-order valence-electron chi connectivity index (χ4n) is 3.62. The van der Waals surface area contributed by atoms with Gasteiger partial charge in [-0.05, 0) is 35.1 Å². The molecule has 0 N–H and O–H groups in total.